The van der Waals surface area contributed by atoms with Crippen LogP contribution in [-0.4, -0.2) is 59.4 Å². The standard InChI is InChI=1S/C9H16N2O4/c1-6(12)10-5-9(15-3)11(7(2)13)4-8(10)14/h8-9,14H,4-5H2,1-3H3. The Morgan fingerprint density at radius 1 is 1.20 bits per heavy atom. The molecule has 1 heterocycles. The Morgan fingerprint density at radius 2 is 1.73 bits per heavy atom. The van der Waals surface area contributed by atoms with Crippen molar-refractivity contribution in [2.45, 2.75) is 26.3 Å². The molecule has 0 aliphatic carbocycles. The molecule has 0 bridgehead atoms. The number of aliphatic hydroxyl groups excluding tert-OH is 1. The van der Waals surface area contributed by atoms with E-state index < -0.39 is 12.5 Å². The third-order valence-electron chi connectivity index (χ3n) is 2.50. The zero-order chi connectivity index (χ0) is 11.6. The van der Waals surface area contributed by atoms with E-state index in [9.17, 15) is 14.7 Å². The van der Waals surface area contributed by atoms with Crippen LogP contribution in [0.25, 0.3) is 0 Å². The Hall–Kier alpha value is -1.14. The fourth-order valence-corrected chi connectivity index (χ4v) is 1.65. The molecule has 15 heavy (non-hydrogen) atoms. The summed E-state index contributed by atoms with van der Waals surface area (Å²) in [4.78, 5) is 25.1. The van der Waals surface area contributed by atoms with Crippen LogP contribution in [0.15, 0.2) is 0 Å². The predicted octanol–water partition coefficient (Wildman–Crippen LogP) is -1.01. The van der Waals surface area contributed by atoms with Gasteiger partial charge >= 0.3 is 0 Å². The lowest BCUT2D eigenvalue weighted by Gasteiger charge is -2.42. The topological polar surface area (TPSA) is 70.1 Å². The molecule has 0 aromatic heterocycles. The van der Waals surface area contributed by atoms with Gasteiger partial charge in [-0.2, -0.15) is 0 Å². The summed E-state index contributed by atoms with van der Waals surface area (Å²) in [7, 11) is 1.47. The second kappa shape index (κ2) is 4.59. The first-order valence-electron chi connectivity index (χ1n) is 4.72. The Morgan fingerprint density at radius 3 is 2.13 bits per heavy atom. The molecule has 1 aliphatic heterocycles. The Balaban J connectivity index is 2.77. The third kappa shape index (κ3) is 2.45. The summed E-state index contributed by atoms with van der Waals surface area (Å²) in [6.07, 6.45) is -1.42. The average Bonchev–Trinajstić information content (AvgIpc) is 2.16. The van der Waals surface area contributed by atoms with Crippen LogP contribution in [0, 0.1) is 0 Å². The van der Waals surface area contributed by atoms with E-state index in [2.05, 4.69) is 0 Å². The molecule has 2 unspecified atom stereocenters. The normalized spacial score (nSPS) is 26.7. The summed E-state index contributed by atoms with van der Waals surface area (Å²) in [5, 5.41) is 9.63. The first-order chi connectivity index (χ1) is 6.97. The number of β-amino-alcohol motifs (C(OH)–C–C–N with tert-alkyl or cyclic N) is 1. The summed E-state index contributed by atoms with van der Waals surface area (Å²) in [5.41, 5.74) is 0. The zero-order valence-electron chi connectivity index (χ0n) is 9.14. The van der Waals surface area contributed by atoms with E-state index in [-0.39, 0.29) is 24.9 Å². The van der Waals surface area contributed by atoms with E-state index in [1.165, 1.54) is 30.8 Å². The summed E-state index contributed by atoms with van der Waals surface area (Å²) in [6.45, 7) is 3.07. The van der Waals surface area contributed by atoms with Crippen LogP contribution in [0.4, 0.5) is 0 Å². The van der Waals surface area contributed by atoms with Gasteiger partial charge in [-0.3, -0.25) is 9.59 Å². The van der Waals surface area contributed by atoms with Crippen LogP contribution >= 0.6 is 0 Å². The number of hydrogen-bond donors (Lipinski definition) is 1. The van der Waals surface area contributed by atoms with Gasteiger partial charge in [0.05, 0.1) is 13.1 Å². The molecule has 1 N–H and O–H groups in total. The van der Waals surface area contributed by atoms with E-state index in [1.54, 1.807) is 0 Å². The van der Waals surface area contributed by atoms with Crippen molar-refractivity contribution in [2.75, 3.05) is 20.2 Å². The summed E-state index contributed by atoms with van der Waals surface area (Å²) < 4.78 is 5.09. The maximum atomic E-state index is 11.2. The van der Waals surface area contributed by atoms with Crippen LogP contribution in [0.1, 0.15) is 13.8 Å². The van der Waals surface area contributed by atoms with Gasteiger partial charge in [-0.05, 0) is 0 Å². The number of methoxy groups -OCH3 is 1. The van der Waals surface area contributed by atoms with Crippen molar-refractivity contribution in [1.29, 1.82) is 0 Å². The molecular weight excluding hydrogens is 200 g/mol. The van der Waals surface area contributed by atoms with Crippen LogP contribution in [-0.2, 0) is 14.3 Å². The molecule has 1 rings (SSSR count). The number of ether oxygens (including phenoxy) is 1. The SMILES string of the molecule is COC1CN(C(C)=O)C(O)CN1C(C)=O. The lowest BCUT2D eigenvalue weighted by Crippen LogP contribution is -2.61. The fraction of sp³-hybridized carbons (Fsp3) is 0.778. The number of rotatable bonds is 1. The number of piperazine rings is 1. The van der Waals surface area contributed by atoms with Gasteiger partial charge in [-0.1, -0.05) is 0 Å². The van der Waals surface area contributed by atoms with Gasteiger partial charge in [0.15, 0.2) is 0 Å². The summed E-state index contributed by atoms with van der Waals surface area (Å²) in [5.74, 6) is -0.406. The van der Waals surface area contributed by atoms with Crippen molar-refractivity contribution in [3.8, 4) is 0 Å². The lowest BCUT2D eigenvalue weighted by molar-refractivity contribution is -0.178. The second-order valence-corrected chi connectivity index (χ2v) is 3.51. The van der Waals surface area contributed by atoms with Gasteiger partial charge in [0.25, 0.3) is 0 Å². The third-order valence-corrected chi connectivity index (χ3v) is 2.50. The van der Waals surface area contributed by atoms with E-state index >= 15 is 0 Å². The fourth-order valence-electron chi connectivity index (χ4n) is 1.65. The number of hydrogen-bond acceptors (Lipinski definition) is 4. The van der Waals surface area contributed by atoms with Crippen LogP contribution in [0.3, 0.4) is 0 Å². The molecule has 0 aromatic carbocycles. The number of amides is 2. The molecule has 1 fully saturated rings. The molecule has 6 heteroatoms. The summed E-state index contributed by atoms with van der Waals surface area (Å²) in [6, 6.07) is 0. The summed E-state index contributed by atoms with van der Waals surface area (Å²) >= 11 is 0. The largest absolute Gasteiger partial charge is 0.372 e. The predicted molar refractivity (Wildman–Crippen MR) is 51.6 cm³/mol. The van der Waals surface area contributed by atoms with Crippen molar-refractivity contribution < 1.29 is 19.4 Å². The molecule has 1 saturated heterocycles. The van der Waals surface area contributed by atoms with Gasteiger partial charge in [-0.25, -0.2) is 0 Å². The average molecular weight is 216 g/mol. The molecule has 2 amide bonds. The minimum atomic E-state index is -0.946. The Kier molecular flexibility index (Phi) is 3.65. The molecule has 1 aliphatic rings. The van der Waals surface area contributed by atoms with Crippen molar-refractivity contribution >= 4 is 11.8 Å². The number of carbonyl (C=O) groups is 2. The zero-order valence-corrected chi connectivity index (χ0v) is 9.14. The molecule has 0 spiro atoms. The van der Waals surface area contributed by atoms with Crippen LogP contribution in [0.5, 0.6) is 0 Å². The van der Waals surface area contributed by atoms with Crippen LogP contribution < -0.4 is 0 Å². The smallest absolute Gasteiger partial charge is 0.221 e. The first kappa shape index (κ1) is 11.9. The quantitative estimate of drug-likeness (QED) is 0.609. The maximum Gasteiger partial charge on any atom is 0.221 e. The van der Waals surface area contributed by atoms with E-state index in [4.69, 9.17) is 4.74 Å². The molecule has 0 radical (unpaired) electrons. The van der Waals surface area contributed by atoms with Gasteiger partial charge in [0.1, 0.15) is 12.5 Å². The molecule has 0 saturated carbocycles. The molecule has 2 atom stereocenters. The van der Waals surface area contributed by atoms with E-state index in [0.29, 0.717) is 0 Å². The van der Waals surface area contributed by atoms with Crippen molar-refractivity contribution in [3.05, 3.63) is 0 Å². The van der Waals surface area contributed by atoms with E-state index in [1.807, 2.05) is 0 Å². The van der Waals surface area contributed by atoms with Gasteiger partial charge in [0.2, 0.25) is 11.8 Å². The van der Waals surface area contributed by atoms with Crippen LogP contribution in [0.2, 0.25) is 0 Å². The van der Waals surface area contributed by atoms with E-state index in [0.717, 1.165) is 0 Å². The molecule has 6 nitrogen and oxygen atoms in total. The number of nitrogens with zero attached hydrogens (tertiary/aromatic N) is 2. The minimum Gasteiger partial charge on any atom is -0.372 e. The Bertz CT molecular complexity index is 269. The van der Waals surface area contributed by atoms with Crippen molar-refractivity contribution in [1.82, 2.24) is 9.80 Å². The first-order valence-corrected chi connectivity index (χ1v) is 4.72. The highest BCUT2D eigenvalue weighted by molar-refractivity contribution is 5.76. The molecule has 0 aromatic rings. The Labute approximate surface area is 88.4 Å². The number of aliphatic hydroxyl groups is 1. The van der Waals surface area contributed by atoms with Gasteiger partial charge in [0, 0.05) is 21.0 Å². The van der Waals surface area contributed by atoms with Crippen molar-refractivity contribution in [2.24, 2.45) is 0 Å². The highest BCUT2D eigenvalue weighted by Gasteiger charge is 2.35. The highest BCUT2D eigenvalue weighted by atomic mass is 16.5. The minimum absolute atomic E-state index is 0.0907. The number of carbonyl (C=O) groups excluding carboxylic acids is 2. The van der Waals surface area contributed by atoms with Gasteiger partial charge in [-0.15, -0.1) is 0 Å². The molecular formula is C9H16N2O4. The van der Waals surface area contributed by atoms with Gasteiger partial charge < -0.3 is 19.6 Å². The highest BCUT2D eigenvalue weighted by Crippen LogP contribution is 2.14. The second-order valence-electron chi connectivity index (χ2n) is 3.51. The van der Waals surface area contributed by atoms with Crippen molar-refractivity contribution in [3.63, 3.8) is 0 Å². The molecule has 86 valence electrons. The maximum absolute atomic E-state index is 11.2. The monoisotopic (exact) mass is 216 g/mol. The lowest BCUT2D eigenvalue weighted by atomic mass is 10.2.